The van der Waals surface area contributed by atoms with Crippen LogP contribution in [0.4, 0.5) is 23.1 Å². The van der Waals surface area contributed by atoms with Gasteiger partial charge in [-0.15, -0.1) is 11.3 Å². The number of carbonyl (C=O) groups is 1. The number of hydrogen-bond donors (Lipinski definition) is 2. The Labute approximate surface area is 181 Å². The lowest BCUT2D eigenvalue weighted by atomic mass is 10.2. The number of morpholine rings is 1. The van der Waals surface area contributed by atoms with Crippen LogP contribution in [0.15, 0.2) is 46.3 Å². The fourth-order valence-electron chi connectivity index (χ4n) is 2.93. The molecule has 0 spiro atoms. The number of aromatic nitrogens is 2. The van der Waals surface area contributed by atoms with Crippen LogP contribution in [0.5, 0.6) is 0 Å². The van der Waals surface area contributed by atoms with Crippen molar-refractivity contribution in [2.75, 3.05) is 41.8 Å². The van der Waals surface area contributed by atoms with E-state index in [1.807, 2.05) is 42.6 Å². The third-order valence-corrected chi connectivity index (χ3v) is 6.03. The van der Waals surface area contributed by atoms with Gasteiger partial charge in [0.25, 0.3) is 5.91 Å². The van der Waals surface area contributed by atoms with E-state index in [-0.39, 0.29) is 5.91 Å². The number of aryl methyl sites for hydroxylation is 1. The highest BCUT2D eigenvalue weighted by atomic mass is 79.9. The van der Waals surface area contributed by atoms with Gasteiger partial charge in [-0.05, 0) is 53.2 Å². The highest BCUT2D eigenvalue weighted by Gasteiger charge is 2.15. The number of anilines is 4. The molecule has 7 nitrogen and oxygen atoms in total. The van der Waals surface area contributed by atoms with Crippen molar-refractivity contribution in [3.05, 3.63) is 56.8 Å². The van der Waals surface area contributed by atoms with E-state index in [2.05, 4.69) is 41.4 Å². The maximum absolute atomic E-state index is 12.3. The molecule has 4 rings (SSSR count). The van der Waals surface area contributed by atoms with Crippen LogP contribution >= 0.6 is 27.3 Å². The van der Waals surface area contributed by atoms with E-state index in [0.717, 1.165) is 40.4 Å². The SMILES string of the molecule is Cc1cc(Nc2ccc(NC(=O)c3cc(Br)cs3)cc2)nc(N2CCOCC2)n1. The van der Waals surface area contributed by atoms with E-state index in [9.17, 15) is 4.79 Å². The van der Waals surface area contributed by atoms with Crippen molar-refractivity contribution in [3.63, 3.8) is 0 Å². The molecule has 3 heterocycles. The van der Waals surface area contributed by atoms with Crippen LogP contribution in [-0.2, 0) is 4.74 Å². The number of halogens is 1. The summed E-state index contributed by atoms with van der Waals surface area (Å²) in [7, 11) is 0. The van der Waals surface area contributed by atoms with Gasteiger partial charge in [0.15, 0.2) is 0 Å². The Morgan fingerprint density at radius 2 is 1.86 bits per heavy atom. The Kier molecular flexibility index (Phi) is 6.08. The Morgan fingerprint density at radius 3 is 2.55 bits per heavy atom. The second-order valence-electron chi connectivity index (χ2n) is 6.58. The molecule has 150 valence electrons. The molecule has 1 aliphatic rings. The largest absolute Gasteiger partial charge is 0.378 e. The number of benzene rings is 1. The summed E-state index contributed by atoms with van der Waals surface area (Å²) in [5, 5.41) is 8.10. The Hall–Kier alpha value is -2.49. The molecule has 29 heavy (non-hydrogen) atoms. The first-order valence-electron chi connectivity index (χ1n) is 9.18. The monoisotopic (exact) mass is 473 g/mol. The van der Waals surface area contributed by atoms with Crippen LogP contribution in [0.25, 0.3) is 0 Å². The fourth-order valence-corrected chi connectivity index (χ4v) is 4.25. The number of amides is 1. The molecule has 1 aromatic carbocycles. The molecule has 1 fully saturated rings. The predicted octanol–water partition coefficient (Wildman–Crippen LogP) is 4.44. The Balaban J connectivity index is 1.43. The standard InChI is InChI=1S/C20H20BrN5O2S/c1-13-10-18(25-20(22-13)26-6-8-28-9-7-26)23-15-2-4-16(5-3-15)24-19(27)17-11-14(21)12-29-17/h2-5,10-12H,6-9H2,1H3,(H,24,27)(H,22,23,25). The van der Waals surface area contributed by atoms with E-state index >= 15 is 0 Å². The molecule has 1 aliphatic heterocycles. The van der Waals surface area contributed by atoms with Gasteiger partial charge in [-0.3, -0.25) is 4.79 Å². The first-order valence-corrected chi connectivity index (χ1v) is 10.8. The van der Waals surface area contributed by atoms with Gasteiger partial charge in [-0.2, -0.15) is 4.98 Å². The van der Waals surface area contributed by atoms with E-state index in [1.165, 1.54) is 11.3 Å². The molecule has 2 aromatic heterocycles. The van der Waals surface area contributed by atoms with Crippen LogP contribution in [0.3, 0.4) is 0 Å². The highest BCUT2D eigenvalue weighted by molar-refractivity contribution is 9.10. The average Bonchev–Trinajstić information content (AvgIpc) is 3.16. The molecular formula is C20H20BrN5O2S. The summed E-state index contributed by atoms with van der Waals surface area (Å²) in [5.74, 6) is 1.32. The molecule has 1 saturated heterocycles. The van der Waals surface area contributed by atoms with Crippen molar-refractivity contribution in [1.82, 2.24) is 9.97 Å². The third-order valence-electron chi connectivity index (χ3n) is 4.34. The minimum atomic E-state index is -0.122. The minimum absolute atomic E-state index is 0.122. The second kappa shape index (κ2) is 8.89. The zero-order valence-electron chi connectivity index (χ0n) is 15.8. The molecule has 0 radical (unpaired) electrons. The molecule has 2 N–H and O–H groups in total. The van der Waals surface area contributed by atoms with Gasteiger partial charge in [0.2, 0.25) is 5.95 Å². The zero-order valence-corrected chi connectivity index (χ0v) is 18.2. The normalized spacial score (nSPS) is 13.9. The Bertz CT molecular complexity index is 1000. The summed E-state index contributed by atoms with van der Waals surface area (Å²) in [5.41, 5.74) is 2.51. The molecular weight excluding hydrogens is 454 g/mol. The quantitative estimate of drug-likeness (QED) is 0.569. The lowest BCUT2D eigenvalue weighted by molar-refractivity contribution is 0.103. The number of thiophene rings is 1. The van der Waals surface area contributed by atoms with Gasteiger partial charge in [-0.1, -0.05) is 0 Å². The number of rotatable bonds is 5. The van der Waals surface area contributed by atoms with Crippen molar-refractivity contribution in [3.8, 4) is 0 Å². The van der Waals surface area contributed by atoms with Crippen LogP contribution in [0, 0.1) is 6.92 Å². The van der Waals surface area contributed by atoms with Gasteiger partial charge in [-0.25, -0.2) is 4.98 Å². The zero-order chi connectivity index (χ0) is 20.2. The predicted molar refractivity (Wildman–Crippen MR) is 119 cm³/mol. The molecule has 0 unspecified atom stereocenters. The summed E-state index contributed by atoms with van der Waals surface area (Å²) in [6.07, 6.45) is 0. The topological polar surface area (TPSA) is 79.4 Å². The molecule has 0 aliphatic carbocycles. The number of nitrogens with zero attached hydrogens (tertiary/aromatic N) is 3. The van der Waals surface area contributed by atoms with Crippen molar-refractivity contribution in [1.29, 1.82) is 0 Å². The summed E-state index contributed by atoms with van der Waals surface area (Å²) >= 11 is 4.76. The van der Waals surface area contributed by atoms with Crippen LogP contribution in [-0.4, -0.2) is 42.2 Å². The first kappa shape index (κ1) is 19.8. The lowest BCUT2D eigenvalue weighted by Gasteiger charge is -2.27. The van der Waals surface area contributed by atoms with Gasteiger partial charge < -0.3 is 20.3 Å². The molecule has 0 bridgehead atoms. The van der Waals surface area contributed by atoms with Crippen molar-refractivity contribution < 1.29 is 9.53 Å². The third kappa shape index (κ3) is 5.11. The fraction of sp³-hybridized carbons (Fsp3) is 0.250. The summed E-state index contributed by atoms with van der Waals surface area (Å²) in [6.45, 7) is 4.92. The Morgan fingerprint density at radius 1 is 1.14 bits per heavy atom. The molecule has 3 aromatic rings. The second-order valence-corrected chi connectivity index (χ2v) is 8.41. The summed E-state index contributed by atoms with van der Waals surface area (Å²) < 4.78 is 6.31. The van der Waals surface area contributed by atoms with Crippen molar-refractivity contribution in [2.24, 2.45) is 0 Å². The minimum Gasteiger partial charge on any atom is -0.378 e. The van der Waals surface area contributed by atoms with Crippen molar-refractivity contribution >= 4 is 56.3 Å². The van der Waals surface area contributed by atoms with E-state index in [0.29, 0.717) is 24.0 Å². The lowest BCUT2D eigenvalue weighted by Crippen LogP contribution is -2.37. The maximum atomic E-state index is 12.3. The number of ether oxygens (including phenoxy) is 1. The van der Waals surface area contributed by atoms with Gasteiger partial charge in [0, 0.05) is 46.1 Å². The van der Waals surface area contributed by atoms with E-state index < -0.39 is 0 Å². The summed E-state index contributed by atoms with van der Waals surface area (Å²) in [4.78, 5) is 24.2. The number of hydrogen-bond acceptors (Lipinski definition) is 7. The number of nitrogens with one attached hydrogen (secondary N) is 2. The summed E-state index contributed by atoms with van der Waals surface area (Å²) in [6, 6.07) is 11.3. The van der Waals surface area contributed by atoms with E-state index in [1.54, 1.807) is 6.07 Å². The van der Waals surface area contributed by atoms with Gasteiger partial charge in [0.1, 0.15) is 5.82 Å². The van der Waals surface area contributed by atoms with Crippen LogP contribution < -0.4 is 15.5 Å². The van der Waals surface area contributed by atoms with Crippen LogP contribution in [0.2, 0.25) is 0 Å². The maximum Gasteiger partial charge on any atom is 0.265 e. The smallest absolute Gasteiger partial charge is 0.265 e. The van der Waals surface area contributed by atoms with Crippen molar-refractivity contribution in [2.45, 2.75) is 6.92 Å². The molecule has 9 heteroatoms. The van der Waals surface area contributed by atoms with E-state index in [4.69, 9.17) is 4.74 Å². The van der Waals surface area contributed by atoms with Crippen LogP contribution in [0.1, 0.15) is 15.4 Å². The molecule has 0 saturated carbocycles. The first-order chi connectivity index (χ1) is 14.1. The highest BCUT2D eigenvalue weighted by Crippen LogP contribution is 2.23. The van der Waals surface area contributed by atoms with Gasteiger partial charge in [0.05, 0.1) is 18.1 Å². The van der Waals surface area contributed by atoms with Gasteiger partial charge >= 0.3 is 0 Å². The number of carbonyl (C=O) groups excluding carboxylic acids is 1. The molecule has 0 atom stereocenters. The average molecular weight is 474 g/mol. The molecule has 1 amide bonds.